The lowest BCUT2D eigenvalue weighted by Crippen LogP contribution is -2.62. The summed E-state index contributed by atoms with van der Waals surface area (Å²) in [5.41, 5.74) is -3.52. The number of nitrogens with zero attached hydrogens (tertiary/aromatic N) is 2. The number of Topliss-reactive ketones (excluding diaryl/α,β-unsaturated/α-hetero) is 1. The molecule has 0 radical (unpaired) electrons. The van der Waals surface area contributed by atoms with Gasteiger partial charge in [0.15, 0.2) is 26.3 Å². The molecule has 4 rings (SSSR count). The van der Waals surface area contributed by atoms with Gasteiger partial charge in [-0.05, 0) is 79.2 Å². The fraction of sp³-hybridized carbons (Fsp3) is 0.864. The Labute approximate surface area is 349 Å². The summed E-state index contributed by atoms with van der Waals surface area (Å²) in [4.78, 5) is 60.7. The minimum Gasteiger partial charge on any atom is -0.458 e. The summed E-state index contributed by atoms with van der Waals surface area (Å²) in [6, 6.07) is 1.57. The molecule has 0 bridgehead atoms. The van der Waals surface area contributed by atoms with Crippen molar-refractivity contribution in [3.63, 3.8) is 0 Å². The molecule has 0 aromatic carbocycles. The molecule has 0 aromatic heterocycles. The van der Waals surface area contributed by atoms with E-state index in [1.54, 1.807) is 13.2 Å². The number of rotatable bonds is 13. The van der Waals surface area contributed by atoms with Crippen molar-refractivity contribution in [3.8, 4) is 0 Å². The summed E-state index contributed by atoms with van der Waals surface area (Å²) in [7, 11) is 3.08. The maximum Gasteiger partial charge on any atom is 0.324 e. The van der Waals surface area contributed by atoms with Gasteiger partial charge >= 0.3 is 17.9 Å². The van der Waals surface area contributed by atoms with Gasteiger partial charge in [-0.3, -0.25) is 24.1 Å². The zero-order chi connectivity index (χ0) is 43.7. The fourth-order valence-corrected chi connectivity index (χ4v) is 14.2. The number of likely N-dealkylation sites (tertiary alicyclic amines) is 1. The molecule has 1 unspecified atom stereocenters. The Morgan fingerprint density at radius 3 is 2.14 bits per heavy atom. The number of ether oxygens (including phenoxy) is 6. The number of methoxy groups -OCH3 is 1. The van der Waals surface area contributed by atoms with E-state index in [4.69, 9.17) is 32.8 Å². The van der Waals surface area contributed by atoms with E-state index in [2.05, 4.69) is 27.4 Å². The number of esters is 3. The maximum absolute atomic E-state index is 15.3. The van der Waals surface area contributed by atoms with Gasteiger partial charge in [0.2, 0.25) is 0 Å². The van der Waals surface area contributed by atoms with Crippen LogP contribution in [-0.4, -0.2) is 136 Å². The number of carbonyl (C=O) groups excluding carboxylic acids is 4. The molecule has 58 heavy (non-hydrogen) atoms. The predicted octanol–water partition coefficient (Wildman–Crippen LogP) is 6.18. The Morgan fingerprint density at radius 2 is 1.62 bits per heavy atom. The smallest absolute Gasteiger partial charge is 0.324 e. The highest BCUT2D eigenvalue weighted by Crippen LogP contribution is 2.56. The first-order valence-corrected chi connectivity index (χ1v) is 24.3. The molecule has 0 aromatic rings. The van der Waals surface area contributed by atoms with E-state index in [0.29, 0.717) is 25.9 Å². The highest BCUT2D eigenvalue weighted by molar-refractivity contribution is 6.73. The summed E-state index contributed by atoms with van der Waals surface area (Å²) in [6.07, 6.45) is -1.48. The fourth-order valence-electron chi connectivity index (χ4n) is 11.2. The molecule has 4 heterocycles. The van der Waals surface area contributed by atoms with Gasteiger partial charge in [-0.25, -0.2) is 0 Å². The SMILES string of the molecule is C=CCN1C[C@]2(C)C(=O)[C@H](C)C[C@@](C)(OC)[C@H](O[C@@H]3O[C@H](C)C[C@H](N(C)C)[C@H]3OC(C)=O)[C@@H](C)[C@H](O[Si](CC)(CC)CC)[C@@H](C)C(=O)OC(CC)[C@@]3(C)OC(=O)[C@H]1[C@H]23. The molecular weight excluding hydrogens is 761 g/mol. The number of hydrogen-bond acceptors (Lipinski definition) is 13. The molecular formula is C44H76N2O11Si. The molecule has 4 saturated heterocycles. The lowest BCUT2D eigenvalue weighted by atomic mass is 9.62. The second-order valence-corrected chi connectivity index (χ2v) is 23.4. The third-order valence-electron chi connectivity index (χ3n) is 14.5. The number of hydrogen-bond donors (Lipinski definition) is 0. The van der Waals surface area contributed by atoms with Crippen molar-refractivity contribution in [1.29, 1.82) is 0 Å². The molecule has 0 spiro atoms. The van der Waals surface area contributed by atoms with Crippen LogP contribution >= 0.6 is 0 Å². The second kappa shape index (κ2) is 18.8. The van der Waals surface area contributed by atoms with Crippen molar-refractivity contribution in [2.75, 3.05) is 34.3 Å². The van der Waals surface area contributed by atoms with Gasteiger partial charge < -0.3 is 37.7 Å². The van der Waals surface area contributed by atoms with Crippen LogP contribution < -0.4 is 0 Å². The summed E-state index contributed by atoms with van der Waals surface area (Å²) in [5, 5.41) is 0. The van der Waals surface area contributed by atoms with Gasteiger partial charge in [0.05, 0.1) is 35.9 Å². The van der Waals surface area contributed by atoms with Crippen molar-refractivity contribution in [3.05, 3.63) is 12.7 Å². The largest absolute Gasteiger partial charge is 0.458 e. The molecule has 0 amide bonds. The second-order valence-electron chi connectivity index (χ2n) is 18.7. The maximum atomic E-state index is 15.3. The van der Waals surface area contributed by atoms with E-state index in [-0.39, 0.29) is 24.3 Å². The minimum atomic E-state index is -2.42. The average molecular weight is 837 g/mol. The lowest BCUT2D eigenvalue weighted by Gasteiger charge is -2.50. The molecule has 4 aliphatic rings. The van der Waals surface area contributed by atoms with Crippen LogP contribution in [-0.2, 0) is 52.0 Å². The number of likely N-dealkylation sites (N-methyl/N-ethyl adjacent to an activating group) is 1. The summed E-state index contributed by atoms with van der Waals surface area (Å²) >= 11 is 0. The van der Waals surface area contributed by atoms with Crippen LogP contribution in [0.1, 0.15) is 102 Å². The zero-order valence-electron chi connectivity index (χ0n) is 38.3. The number of ketones is 1. The highest BCUT2D eigenvalue weighted by Gasteiger charge is 2.71. The molecule has 0 saturated carbocycles. The number of carbonyl (C=O) groups is 4. The van der Waals surface area contributed by atoms with Crippen molar-refractivity contribution in [2.45, 2.75) is 181 Å². The Morgan fingerprint density at radius 1 is 1.00 bits per heavy atom. The number of cyclic esters (lactones) is 1. The summed E-state index contributed by atoms with van der Waals surface area (Å²) in [6.45, 7) is 27.8. The highest BCUT2D eigenvalue weighted by atomic mass is 28.4. The van der Waals surface area contributed by atoms with E-state index < -0.39 is 103 Å². The molecule has 13 nitrogen and oxygen atoms in total. The van der Waals surface area contributed by atoms with E-state index in [0.717, 1.165) is 18.1 Å². The molecule has 4 fully saturated rings. The van der Waals surface area contributed by atoms with Crippen LogP contribution in [0.2, 0.25) is 18.1 Å². The Balaban J connectivity index is 1.98. The summed E-state index contributed by atoms with van der Waals surface area (Å²) < 4.78 is 46.5. The molecule has 4 aliphatic heterocycles. The molecule has 15 atom stereocenters. The van der Waals surface area contributed by atoms with E-state index >= 15 is 4.79 Å². The van der Waals surface area contributed by atoms with Crippen LogP contribution in [0, 0.1) is 29.1 Å². The quantitative estimate of drug-likeness (QED) is 0.0905. The van der Waals surface area contributed by atoms with Crippen molar-refractivity contribution in [1.82, 2.24) is 9.80 Å². The average Bonchev–Trinajstić information content (AvgIpc) is 3.64. The minimum absolute atomic E-state index is 0.0463. The Bertz CT molecular complexity index is 1480. The Kier molecular flexibility index (Phi) is 15.7. The summed E-state index contributed by atoms with van der Waals surface area (Å²) in [5.74, 6) is -3.94. The van der Waals surface area contributed by atoms with Gasteiger partial charge in [-0.1, -0.05) is 54.5 Å². The first kappa shape index (κ1) is 48.5. The monoisotopic (exact) mass is 837 g/mol. The van der Waals surface area contributed by atoms with Crippen LogP contribution in [0.15, 0.2) is 12.7 Å². The third kappa shape index (κ3) is 9.04. The third-order valence-corrected chi connectivity index (χ3v) is 19.2. The van der Waals surface area contributed by atoms with Gasteiger partial charge in [-0.15, -0.1) is 6.58 Å². The first-order chi connectivity index (χ1) is 27.1. The van der Waals surface area contributed by atoms with Crippen molar-refractivity contribution < 1.29 is 52.0 Å². The normalized spacial score (nSPS) is 41.8. The van der Waals surface area contributed by atoms with E-state index in [9.17, 15) is 14.4 Å². The topological polar surface area (TPSA) is 139 Å². The zero-order valence-corrected chi connectivity index (χ0v) is 39.3. The molecule has 0 aliphatic carbocycles. The van der Waals surface area contributed by atoms with Crippen molar-refractivity contribution >= 4 is 32.0 Å². The van der Waals surface area contributed by atoms with Crippen molar-refractivity contribution in [2.24, 2.45) is 29.1 Å². The molecule has 332 valence electrons. The molecule has 14 heteroatoms. The molecule has 0 N–H and O–H groups in total. The van der Waals surface area contributed by atoms with Gasteiger partial charge in [0.1, 0.15) is 17.9 Å². The van der Waals surface area contributed by atoms with Crippen LogP contribution in [0.25, 0.3) is 0 Å². The van der Waals surface area contributed by atoms with E-state index in [1.165, 1.54) is 6.92 Å². The van der Waals surface area contributed by atoms with Gasteiger partial charge in [0, 0.05) is 50.3 Å². The van der Waals surface area contributed by atoms with Crippen LogP contribution in [0.5, 0.6) is 0 Å². The van der Waals surface area contributed by atoms with Gasteiger partial charge in [0.25, 0.3) is 0 Å². The van der Waals surface area contributed by atoms with Crippen LogP contribution in [0.3, 0.4) is 0 Å². The van der Waals surface area contributed by atoms with Crippen LogP contribution in [0.4, 0.5) is 0 Å². The first-order valence-electron chi connectivity index (χ1n) is 21.8. The van der Waals surface area contributed by atoms with E-state index in [1.807, 2.05) is 79.3 Å². The predicted molar refractivity (Wildman–Crippen MR) is 223 cm³/mol. The Hall–Kier alpha value is -2.20. The standard InChI is InChI=1S/C44H76N2O11Si/c1-17-22-46-25-42(11)36-33(46)40(50)56-44(36,13)32(18-2)54-39(49)29(9)34(57-58(19-3,20-4)21-5)28(8)38(43(12,51-16)24-26(6)37(42)48)55-41-35(53-30(10)47)31(45(14)15)23-27(7)52-41/h17,26-29,31-36,38,41H,1,18-25H2,2-16H3/t26-,27-,28+,29-,31+,32?,33-,34+,35-,36-,38-,41+,42+,43-,44-/m1/s1. The van der Waals surface area contributed by atoms with Gasteiger partial charge in [-0.2, -0.15) is 0 Å². The lowest BCUT2D eigenvalue weighted by molar-refractivity contribution is -0.303.